The number of nitrogens with zero attached hydrogens (tertiary/aromatic N) is 5. The Kier molecular flexibility index (Phi) is 6.11. The second-order valence-corrected chi connectivity index (χ2v) is 8.83. The highest BCUT2D eigenvalue weighted by Gasteiger charge is 2.20. The molecule has 0 aromatic carbocycles. The lowest BCUT2D eigenvalue weighted by Crippen LogP contribution is -2.30. The highest BCUT2D eigenvalue weighted by Crippen LogP contribution is 2.29. The number of aromatic nitrogens is 4. The van der Waals surface area contributed by atoms with Crippen LogP contribution >= 0.6 is 23.1 Å². The third-order valence-electron chi connectivity index (χ3n) is 4.74. The van der Waals surface area contributed by atoms with Crippen LogP contribution in [-0.2, 0) is 6.54 Å². The molecule has 0 unspecified atom stereocenters. The average Bonchev–Trinajstić information content (AvgIpc) is 3.39. The molecule has 0 radical (unpaired) electrons. The fourth-order valence-corrected chi connectivity index (χ4v) is 4.60. The maximum Gasteiger partial charge on any atom is 0.261 e. The van der Waals surface area contributed by atoms with Gasteiger partial charge in [-0.2, -0.15) is 5.10 Å². The van der Waals surface area contributed by atoms with E-state index in [-0.39, 0.29) is 5.91 Å². The molecule has 3 aromatic rings. The molecule has 0 aliphatic carbocycles. The third-order valence-corrected chi connectivity index (χ3v) is 6.34. The van der Waals surface area contributed by atoms with Crippen LogP contribution < -0.4 is 10.2 Å². The number of thiophene rings is 1. The van der Waals surface area contributed by atoms with Gasteiger partial charge >= 0.3 is 0 Å². The van der Waals surface area contributed by atoms with Gasteiger partial charge in [0.15, 0.2) is 10.8 Å². The van der Waals surface area contributed by atoms with E-state index >= 15 is 0 Å². The summed E-state index contributed by atoms with van der Waals surface area (Å²) in [6.45, 7) is 5.26. The van der Waals surface area contributed by atoms with E-state index in [1.165, 1.54) is 30.6 Å². The summed E-state index contributed by atoms with van der Waals surface area (Å²) in [6.07, 6.45) is 5.54. The highest BCUT2D eigenvalue weighted by molar-refractivity contribution is 7.99. The van der Waals surface area contributed by atoms with Crippen molar-refractivity contribution in [3.8, 4) is 0 Å². The summed E-state index contributed by atoms with van der Waals surface area (Å²) in [5, 5.41) is 11.2. The van der Waals surface area contributed by atoms with Crippen LogP contribution in [0, 0.1) is 0 Å². The first-order valence-electron chi connectivity index (χ1n) is 9.69. The minimum Gasteiger partial charge on any atom is -0.356 e. The van der Waals surface area contributed by atoms with Crippen molar-refractivity contribution in [1.29, 1.82) is 0 Å². The average molecular weight is 417 g/mol. The van der Waals surface area contributed by atoms with Gasteiger partial charge in [-0.3, -0.25) is 4.79 Å². The summed E-state index contributed by atoms with van der Waals surface area (Å²) in [5.41, 5.74) is 0.844. The minimum atomic E-state index is -0.0441. The highest BCUT2D eigenvalue weighted by atomic mass is 32.2. The van der Waals surface area contributed by atoms with Gasteiger partial charge in [0.2, 0.25) is 0 Å². The molecule has 1 aliphatic rings. The van der Waals surface area contributed by atoms with Gasteiger partial charge in [-0.25, -0.2) is 14.6 Å². The standard InChI is InChI=1S/C19H24N6OS2/c1-2-27-19-22-16(24-9-4-3-5-10-24)14-13-21-25(17(14)23-19)11-8-20-18(26)15-7-6-12-28-15/h6-7,12-13H,2-5,8-11H2,1H3,(H,20,26). The summed E-state index contributed by atoms with van der Waals surface area (Å²) < 4.78 is 1.87. The quantitative estimate of drug-likeness (QED) is 0.470. The summed E-state index contributed by atoms with van der Waals surface area (Å²) in [6, 6.07) is 3.71. The van der Waals surface area contributed by atoms with Crippen LogP contribution in [-0.4, -0.2) is 51.0 Å². The number of piperidine rings is 1. The molecule has 1 aliphatic heterocycles. The number of nitrogens with one attached hydrogen (secondary N) is 1. The normalized spacial score (nSPS) is 14.5. The van der Waals surface area contributed by atoms with Gasteiger partial charge in [0.05, 0.1) is 23.0 Å². The predicted molar refractivity (Wildman–Crippen MR) is 114 cm³/mol. The zero-order chi connectivity index (χ0) is 19.3. The van der Waals surface area contributed by atoms with Crippen LogP contribution in [0.15, 0.2) is 28.9 Å². The number of carbonyl (C=O) groups excluding carboxylic acids is 1. The van der Waals surface area contributed by atoms with Crippen LogP contribution in [0.5, 0.6) is 0 Å². The first-order chi connectivity index (χ1) is 13.8. The lowest BCUT2D eigenvalue weighted by atomic mass is 10.1. The Morgan fingerprint density at radius 3 is 2.89 bits per heavy atom. The lowest BCUT2D eigenvalue weighted by molar-refractivity contribution is 0.0956. The molecule has 0 spiro atoms. The van der Waals surface area contributed by atoms with Crippen molar-refractivity contribution in [1.82, 2.24) is 25.1 Å². The van der Waals surface area contributed by atoms with Crippen molar-refractivity contribution < 1.29 is 4.79 Å². The Balaban J connectivity index is 1.55. The van der Waals surface area contributed by atoms with E-state index in [2.05, 4.69) is 22.2 Å². The van der Waals surface area contributed by atoms with Gasteiger partial charge < -0.3 is 10.2 Å². The number of rotatable bonds is 7. The molecule has 7 nitrogen and oxygen atoms in total. The van der Waals surface area contributed by atoms with Gasteiger partial charge in [-0.1, -0.05) is 24.8 Å². The molecule has 0 saturated carbocycles. The Labute approximate surface area is 172 Å². The molecule has 148 valence electrons. The molecule has 0 bridgehead atoms. The van der Waals surface area contributed by atoms with Crippen LogP contribution in [0.1, 0.15) is 35.9 Å². The molecule has 4 heterocycles. The molecule has 9 heteroatoms. The van der Waals surface area contributed by atoms with Crippen molar-refractivity contribution in [2.24, 2.45) is 0 Å². The SMILES string of the molecule is CCSc1nc(N2CCCCC2)c2cnn(CCNC(=O)c3cccs3)c2n1. The van der Waals surface area contributed by atoms with Gasteiger partial charge in [0, 0.05) is 19.6 Å². The van der Waals surface area contributed by atoms with Gasteiger partial charge in [0.25, 0.3) is 5.91 Å². The summed E-state index contributed by atoms with van der Waals surface area (Å²) >= 11 is 3.09. The van der Waals surface area contributed by atoms with Crippen LogP contribution in [0.25, 0.3) is 11.0 Å². The maximum absolute atomic E-state index is 12.1. The molecule has 0 atom stereocenters. The fraction of sp³-hybridized carbons (Fsp3) is 0.474. The van der Waals surface area contributed by atoms with Crippen LogP contribution in [0.3, 0.4) is 0 Å². The predicted octanol–water partition coefficient (Wildman–Crippen LogP) is 3.42. The van der Waals surface area contributed by atoms with Gasteiger partial charge in [-0.05, 0) is 36.5 Å². The molecule has 3 aromatic heterocycles. The number of thioether (sulfide) groups is 1. The zero-order valence-corrected chi connectivity index (χ0v) is 17.6. The number of carbonyl (C=O) groups is 1. The molecule has 1 N–H and O–H groups in total. The van der Waals surface area contributed by atoms with Crippen molar-refractivity contribution >= 4 is 45.9 Å². The number of hydrogen-bond acceptors (Lipinski definition) is 7. The van der Waals surface area contributed by atoms with Gasteiger partial charge in [-0.15, -0.1) is 11.3 Å². The largest absolute Gasteiger partial charge is 0.356 e. The molecular weight excluding hydrogens is 392 g/mol. The molecule has 4 rings (SSSR count). The Bertz CT molecular complexity index is 933. The van der Waals surface area contributed by atoms with E-state index in [4.69, 9.17) is 9.97 Å². The topological polar surface area (TPSA) is 75.9 Å². The van der Waals surface area contributed by atoms with E-state index in [9.17, 15) is 4.79 Å². The van der Waals surface area contributed by atoms with Gasteiger partial charge in [0.1, 0.15) is 5.82 Å². The third kappa shape index (κ3) is 4.15. The first kappa shape index (κ1) is 19.2. The fourth-order valence-electron chi connectivity index (χ4n) is 3.40. The number of anilines is 1. The van der Waals surface area contributed by atoms with Crippen molar-refractivity contribution in [2.45, 2.75) is 37.9 Å². The van der Waals surface area contributed by atoms with E-state index in [1.807, 2.05) is 28.4 Å². The summed E-state index contributed by atoms with van der Waals surface area (Å²) in [5.74, 6) is 1.88. The molecule has 1 amide bonds. The van der Waals surface area contributed by atoms with Crippen molar-refractivity contribution in [3.05, 3.63) is 28.6 Å². The Hall–Kier alpha value is -2.13. The van der Waals surface area contributed by atoms with Crippen molar-refractivity contribution in [2.75, 3.05) is 30.3 Å². The second kappa shape index (κ2) is 8.91. The van der Waals surface area contributed by atoms with Crippen molar-refractivity contribution in [3.63, 3.8) is 0 Å². The maximum atomic E-state index is 12.1. The smallest absolute Gasteiger partial charge is 0.261 e. The minimum absolute atomic E-state index is 0.0441. The number of hydrogen-bond donors (Lipinski definition) is 1. The number of amides is 1. The summed E-state index contributed by atoms with van der Waals surface area (Å²) in [4.78, 5) is 24.8. The molecule has 1 saturated heterocycles. The molecule has 1 fully saturated rings. The van der Waals surface area contributed by atoms with E-state index < -0.39 is 0 Å². The van der Waals surface area contributed by atoms with E-state index in [0.717, 1.165) is 45.7 Å². The zero-order valence-electron chi connectivity index (χ0n) is 15.9. The molecule has 28 heavy (non-hydrogen) atoms. The molecular formula is C19H24N6OS2. The lowest BCUT2D eigenvalue weighted by Gasteiger charge is -2.28. The second-order valence-electron chi connectivity index (χ2n) is 6.65. The van der Waals surface area contributed by atoms with Crippen LogP contribution in [0.4, 0.5) is 5.82 Å². The van der Waals surface area contributed by atoms with Crippen LogP contribution in [0.2, 0.25) is 0 Å². The Morgan fingerprint density at radius 1 is 1.29 bits per heavy atom. The monoisotopic (exact) mass is 416 g/mol. The summed E-state index contributed by atoms with van der Waals surface area (Å²) in [7, 11) is 0. The van der Waals surface area contributed by atoms with E-state index in [1.54, 1.807) is 11.8 Å². The van der Waals surface area contributed by atoms with E-state index in [0.29, 0.717) is 13.1 Å². The Morgan fingerprint density at radius 2 is 2.14 bits per heavy atom. The number of fused-ring (bicyclic) bond motifs is 1. The first-order valence-corrected chi connectivity index (χ1v) is 11.6.